The van der Waals surface area contributed by atoms with Gasteiger partial charge in [-0.1, -0.05) is 24.3 Å². The van der Waals surface area contributed by atoms with Gasteiger partial charge in [0.2, 0.25) is 0 Å². The Labute approximate surface area is 201 Å². The Kier molecular flexibility index (Phi) is 10.0. The molecule has 0 spiro atoms. The van der Waals surface area contributed by atoms with Crippen LogP contribution in [0, 0.1) is 0 Å². The molecule has 0 aromatic heterocycles. The van der Waals surface area contributed by atoms with E-state index in [9.17, 15) is 19.2 Å². The maximum Gasteiger partial charge on any atom is 0.341 e. The van der Waals surface area contributed by atoms with E-state index in [1.165, 1.54) is 50.7 Å². The fourth-order valence-electron chi connectivity index (χ4n) is 2.76. The summed E-state index contributed by atoms with van der Waals surface area (Å²) < 4.78 is 20.6. The first-order valence-corrected chi connectivity index (χ1v) is 10.2. The van der Waals surface area contributed by atoms with Crippen LogP contribution in [0.4, 0.5) is 0 Å². The summed E-state index contributed by atoms with van der Waals surface area (Å²) in [7, 11) is 2.80. The number of methoxy groups -OCH3 is 2. The second kappa shape index (κ2) is 13.2. The SMILES string of the molecule is COc1cc(C=CC(=O)CC(=O)C=Cc2ccc(OCC(=O)O)c(OC)c2)ccc1OCC(=O)O. The Morgan fingerprint density at radius 3 is 1.43 bits per heavy atom. The summed E-state index contributed by atoms with van der Waals surface area (Å²) in [4.78, 5) is 45.6. The van der Waals surface area contributed by atoms with Crippen molar-refractivity contribution in [1.29, 1.82) is 0 Å². The lowest BCUT2D eigenvalue weighted by atomic mass is 10.1. The van der Waals surface area contributed by atoms with Gasteiger partial charge in [0.1, 0.15) is 0 Å². The normalized spacial score (nSPS) is 10.8. The molecule has 0 bridgehead atoms. The molecule has 0 saturated heterocycles. The van der Waals surface area contributed by atoms with E-state index in [4.69, 9.17) is 29.2 Å². The van der Waals surface area contributed by atoms with Crippen LogP contribution in [0.5, 0.6) is 23.0 Å². The fourth-order valence-corrected chi connectivity index (χ4v) is 2.76. The van der Waals surface area contributed by atoms with Crippen LogP contribution in [0.2, 0.25) is 0 Å². The molecule has 2 aromatic rings. The van der Waals surface area contributed by atoms with Gasteiger partial charge in [-0.2, -0.15) is 0 Å². The number of ketones is 2. The van der Waals surface area contributed by atoms with Gasteiger partial charge in [0.25, 0.3) is 0 Å². The summed E-state index contributed by atoms with van der Waals surface area (Å²) in [5.74, 6) is -1.99. The molecule has 0 unspecified atom stereocenters. The van der Waals surface area contributed by atoms with E-state index in [1.807, 2.05) is 0 Å². The number of carbonyl (C=O) groups excluding carboxylic acids is 2. The molecule has 10 heteroatoms. The van der Waals surface area contributed by atoms with Crippen LogP contribution in [0.15, 0.2) is 48.6 Å². The Morgan fingerprint density at radius 1 is 0.686 bits per heavy atom. The number of allylic oxidation sites excluding steroid dienone is 2. The van der Waals surface area contributed by atoms with Crippen LogP contribution in [0.1, 0.15) is 17.5 Å². The predicted octanol–water partition coefficient (Wildman–Crippen LogP) is 2.89. The lowest BCUT2D eigenvalue weighted by Crippen LogP contribution is -2.10. The van der Waals surface area contributed by atoms with Crippen LogP contribution >= 0.6 is 0 Å². The van der Waals surface area contributed by atoms with Crippen molar-refractivity contribution in [1.82, 2.24) is 0 Å². The second-order valence-corrected chi connectivity index (χ2v) is 6.96. The van der Waals surface area contributed by atoms with Gasteiger partial charge in [-0.05, 0) is 47.5 Å². The van der Waals surface area contributed by atoms with Gasteiger partial charge in [0.05, 0.1) is 20.6 Å². The highest BCUT2D eigenvalue weighted by atomic mass is 16.5. The molecule has 2 aromatic carbocycles. The standard InChI is InChI=1S/C25H24O10/c1-32-22-11-16(5-9-20(22)34-14-24(28)29)3-7-18(26)13-19(27)8-4-17-6-10-21(23(12-17)33-2)35-15-25(30)31/h3-12H,13-15H2,1-2H3,(H,28,29)(H,30,31). The molecule has 0 aliphatic heterocycles. The van der Waals surface area contributed by atoms with E-state index in [2.05, 4.69) is 0 Å². The van der Waals surface area contributed by atoms with Crippen molar-refractivity contribution >= 4 is 35.7 Å². The summed E-state index contributed by atoms with van der Waals surface area (Å²) in [5, 5.41) is 17.4. The minimum absolute atomic E-state index is 0.247. The van der Waals surface area contributed by atoms with Crippen LogP contribution < -0.4 is 18.9 Å². The number of carboxylic acids is 2. The number of carboxylic acid groups (broad SMARTS) is 2. The van der Waals surface area contributed by atoms with Crippen molar-refractivity contribution in [3.05, 3.63) is 59.7 Å². The van der Waals surface area contributed by atoms with Crippen LogP contribution in [-0.4, -0.2) is 61.2 Å². The molecule has 2 N–H and O–H groups in total. The van der Waals surface area contributed by atoms with E-state index < -0.39 is 36.7 Å². The van der Waals surface area contributed by atoms with Gasteiger partial charge in [-0.15, -0.1) is 0 Å². The van der Waals surface area contributed by atoms with Gasteiger partial charge < -0.3 is 29.2 Å². The first-order chi connectivity index (χ1) is 16.7. The van der Waals surface area contributed by atoms with Crippen molar-refractivity contribution in [2.75, 3.05) is 27.4 Å². The molecule has 184 valence electrons. The quantitative estimate of drug-likeness (QED) is 0.303. The van der Waals surface area contributed by atoms with E-state index in [0.29, 0.717) is 22.6 Å². The van der Waals surface area contributed by atoms with Crippen molar-refractivity contribution in [3.63, 3.8) is 0 Å². The third-order valence-electron chi connectivity index (χ3n) is 4.35. The fraction of sp³-hybridized carbons (Fsp3) is 0.200. The van der Waals surface area contributed by atoms with Crippen molar-refractivity contribution in [2.45, 2.75) is 6.42 Å². The summed E-state index contributed by atoms with van der Waals surface area (Å²) in [5.41, 5.74) is 1.19. The van der Waals surface area contributed by atoms with Crippen LogP contribution in [-0.2, 0) is 19.2 Å². The average Bonchev–Trinajstić information content (AvgIpc) is 2.83. The lowest BCUT2D eigenvalue weighted by molar-refractivity contribution is -0.140. The van der Waals surface area contributed by atoms with Gasteiger partial charge >= 0.3 is 11.9 Å². The molecular formula is C25H24O10. The van der Waals surface area contributed by atoms with E-state index in [1.54, 1.807) is 24.3 Å². The Balaban J connectivity index is 1.97. The molecule has 0 aliphatic rings. The third kappa shape index (κ3) is 9.04. The van der Waals surface area contributed by atoms with Gasteiger partial charge in [-0.3, -0.25) is 9.59 Å². The van der Waals surface area contributed by atoms with E-state index in [-0.39, 0.29) is 17.9 Å². The smallest absolute Gasteiger partial charge is 0.341 e. The zero-order chi connectivity index (χ0) is 25.8. The number of aliphatic carboxylic acids is 2. The maximum atomic E-state index is 12.2. The number of benzene rings is 2. The minimum atomic E-state index is -1.12. The summed E-state index contributed by atoms with van der Waals surface area (Å²) in [6.07, 6.45) is 5.18. The zero-order valence-corrected chi connectivity index (χ0v) is 19.1. The molecule has 0 aliphatic carbocycles. The van der Waals surface area contributed by atoms with Crippen molar-refractivity contribution in [2.24, 2.45) is 0 Å². The Bertz CT molecular complexity index is 1060. The first kappa shape index (κ1) is 26.7. The monoisotopic (exact) mass is 484 g/mol. The highest BCUT2D eigenvalue weighted by Crippen LogP contribution is 2.29. The molecule has 35 heavy (non-hydrogen) atoms. The molecule has 0 heterocycles. The molecule has 0 radical (unpaired) electrons. The van der Waals surface area contributed by atoms with Crippen molar-refractivity contribution in [3.8, 4) is 23.0 Å². The van der Waals surface area contributed by atoms with Crippen LogP contribution in [0.3, 0.4) is 0 Å². The zero-order valence-electron chi connectivity index (χ0n) is 19.1. The minimum Gasteiger partial charge on any atom is -0.493 e. The summed E-state index contributed by atoms with van der Waals surface area (Å²) in [6.45, 7) is -1.04. The number of ether oxygens (including phenoxy) is 4. The first-order valence-electron chi connectivity index (χ1n) is 10.2. The van der Waals surface area contributed by atoms with E-state index >= 15 is 0 Å². The number of hydrogen-bond donors (Lipinski definition) is 2. The Hall–Kier alpha value is -4.60. The topological polar surface area (TPSA) is 146 Å². The summed E-state index contributed by atoms with van der Waals surface area (Å²) >= 11 is 0. The molecular weight excluding hydrogens is 460 g/mol. The van der Waals surface area contributed by atoms with Gasteiger partial charge in [0.15, 0.2) is 47.8 Å². The average molecular weight is 484 g/mol. The number of hydrogen-bond acceptors (Lipinski definition) is 8. The number of carbonyl (C=O) groups is 4. The largest absolute Gasteiger partial charge is 0.493 e. The van der Waals surface area contributed by atoms with Gasteiger partial charge in [0, 0.05) is 0 Å². The predicted molar refractivity (Wildman–Crippen MR) is 125 cm³/mol. The molecule has 0 fully saturated rings. The van der Waals surface area contributed by atoms with Crippen molar-refractivity contribution < 1.29 is 48.3 Å². The second-order valence-electron chi connectivity index (χ2n) is 6.96. The molecule has 0 atom stereocenters. The lowest BCUT2D eigenvalue weighted by Gasteiger charge is -2.09. The Morgan fingerprint density at radius 2 is 1.09 bits per heavy atom. The maximum absolute atomic E-state index is 12.2. The highest BCUT2D eigenvalue weighted by molar-refractivity contribution is 6.10. The third-order valence-corrected chi connectivity index (χ3v) is 4.35. The van der Waals surface area contributed by atoms with Crippen LogP contribution in [0.25, 0.3) is 12.2 Å². The molecule has 0 saturated carbocycles. The molecule has 0 amide bonds. The summed E-state index contributed by atoms with van der Waals surface area (Å²) in [6, 6.07) is 9.41. The molecule has 2 rings (SSSR count). The van der Waals surface area contributed by atoms with E-state index in [0.717, 1.165) is 0 Å². The molecule has 10 nitrogen and oxygen atoms in total. The highest BCUT2D eigenvalue weighted by Gasteiger charge is 2.09. The van der Waals surface area contributed by atoms with Gasteiger partial charge in [-0.25, -0.2) is 9.59 Å². The number of rotatable bonds is 14.